The molecule has 112 valence electrons. The summed E-state index contributed by atoms with van der Waals surface area (Å²) in [6, 6.07) is 13.6. The lowest BCUT2D eigenvalue weighted by Crippen LogP contribution is -2.14. The molecule has 0 fully saturated rings. The van der Waals surface area contributed by atoms with Crippen LogP contribution in [0.4, 0.5) is 0 Å². The van der Waals surface area contributed by atoms with Crippen LogP contribution in [-0.4, -0.2) is 25.4 Å². The normalized spacial score (nSPS) is 12.0. The molecular formula is C17H19BrO3. The van der Waals surface area contributed by atoms with Gasteiger partial charge in [-0.25, -0.2) is 0 Å². The fraction of sp³-hybridized carbons (Fsp3) is 0.294. The second-order valence-corrected chi connectivity index (χ2v) is 5.78. The average molecular weight is 351 g/mol. The Morgan fingerprint density at radius 3 is 2.33 bits per heavy atom. The van der Waals surface area contributed by atoms with E-state index in [-0.39, 0.29) is 0 Å². The zero-order chi connectivity index (χ0) is 15.2. The fourth-order valence-corrected chi connectivity index (χ4v) is 2.67. The highest BCUT2D eigenvalue weighted by molar-refractivity contribution is 9.10. The summed E-state index contributed by atoms with van der Waals surface area (Å²) in [6.07, 6.45) is 0.690. The quantitative estimate of drug-likeness (QED) is 0.864. The van der Waals surface area contributed by atoms with Crippen LogP contribution >= 0.6 is 15.9 Å². The number of hydrogen-bond donors (Lipinski definition) is 1. The van der Waals surface area contributed by atoms with Gasteiger partial charge in [0.05, 0.1) is 20.3 Å². The van der Waals surface area contributed by atoms with Crippen molar-refractivity contribution in [1.82, 2.24) is 0 Å². The summed E-state index contributed by atoms with van der Waals surface area (Å²) < 4.78 is 11.4. The van der Waals surface area contributed by atoms with Crippen LogP contribution in [0.15, 0.2) is 46.9 Å². The zero-order valence-corrected chi connectivity index (χ0v) is 13.8. The maximum Gasteiger partial charge on any atom is 0.122 e. The Hall–Kier alpha value is -1.52. The molecule has 21 heavy (non-hydrogen) atoms. The molecule has 2 aromatic carbocycles. The van der Waals surface area contributed by atoms with Crippen molar-refractivity contribution < 1.29 is 14.6 Å². The second kappa shape index (κ2) is 7.48. The maximum atomic E-state index is 10.3. The van der Waals surface area contributed by atoms with Gasteiger partial charge in [0.1, 0.15) is 11.5 Å². The number of aliphatic hydroxyl groups excluding tert-OH is 1. The number of aliphatic hydroxyl groups is 1. The standard InChI is InChI=1S/C17H19BrO3/c1-20-16-6-3-12(4-7-16)9-15(19)11-13-10-14(18)5-8-17(13)21-2/h3-8,10,15,19H,9,11H2,1-2H3. The molecule has 1 atom stereocenters. The van der Waals surface area contributed by atoms with Crippen LogP contribution in [0, 0.1) is 0 Å². The van der Waals surface area contributed by atoms with Crippen LogP contribution in [0.1, 0.15) is 11.1 Å². The van der Waals surface area contributed by atoms with Crippen molar-refractivity contribution in [3.63, 3.8) is 0 Å². The average Bonchev–Trinajstić information content (AvgIpc) is 2.48. The summed E-state index contributed by atoms with van der Waals surface area (Å²) in [5.41, 5.74) is 2.07. The highest BCUT2D eigenvalue weighted by Gasteiger charge is 2.11. The van der Waals surface area contributed by atoms with Crippen molar-refractivity contribution in [2.45, 2.75) is 18.9 Å². The molecule has 0 saturated carbocycles. The van der Waals surface area contributed by atoms with Crippen LogP contribution in [0.5, 0.6) is 11.5 Å². The lowest BCUT2D eigenvalue weighted by molar-refractivity contribution is 0.174. The van der Waals surface area contributed by atoms with E-state index >= 15 is 0 Å². The van der Waals surface area contributed by atoms with Gasteiger partial charge < -0.3 is 14.6 Å². The van der Waals surface area contributed by atoms with Crippen LogP contribution in [0.2, 0.25) is 0 Å². The summed E-state index contributed by atoms with van der Waals surface area (Å²) in [6.45, 7) is 0. The Balaban J connectivity index is 2.03. The SMILES string of the molecule is COc1ccc(CC(O)Cc2cc(Br)ccc2OC)cc1. The topological polar surface area (TPSA) is 38.7 Å². The van der Waals surface area contributed by atoms with E-state index in [0.717, 1.165) is 27.1 Å². The predicted octanol–water partition coefficient (Wildman–Crippen LogP) is 3.61. The summed E-state index contributed by atoms with van der Waals surface area (Å²) >= 11 is 3.45. The Morgan fingerprint density at radius 1 is 1.00 bits per heavy atom. The third-order valence-corrected chi connectivity index (χ3v) is 3.82. The molecule has 1 N–H and O–H groups in total. The van der Waals surface area contributed by atoms with E-state index in [2.05, 4.69) is 15.9 Å². The lowest BCUT2D eigenvalue weighted by atomic mass is 10.0. The van der Waals surface area contributed by atoms with Crippen LogP contribution in [0.25, 0.3) is 0 Å². The number of halogens is 1. The molecule has 0 heterocycles. The number of benzene rings is 2. The van der Waals surface area contributed by atoms with E-state index in [0.29, 0.717) is 12.8 Å². The van der Waals surface area contributed by atoms with E-state index in [1.54, 1.807) is 14.2 Å². The van der Waals surface area contributed by atoms with E-state index in [1.165, 1.54) is 0 Å². The van der Waals surface area contributed by atoms with Crippen LogP contribution in [0.3, 0.4) is 0 Å². The van der Waals surface area contributed by atoms with E-state index in [9.17, 15) is 5.11 Å². The first kappa shape index (κ1) is 15.9. The molecule has 4 heteroatoms. The minimum Gasteiger partial charge on any atom is -0.497 e. The first-order chi connectivity index (χ1) is 10.1. The molecule has 0 spiro atoms. The van der Waals surface area contributed by atoms with Gasteiger partial charge in [0.15, 0.2) is 0 Å². The molecule has 0 aliphatic rings. The number of methoxy groups -OCH3 is 2. The number of rotatable bonds is 6. The van der Waals surface area contributed by atoms with E-state index in [1.807, 2.05) is 42.5 Å². The summed E-state index contributed by atoms with van der Waals surface area (Å²) in [5, 5.41) is 10.3. The van der Waals surface area contributed by atoms with Crippen molar-refractivity contribution in [3.05, 3.63) is 58.1 Å². The van der Waals surface area contributed by atoms with Crippen LogP contribution < -0.4 is 9.47 Å². The molecule has 2 aromatic rings. The molecular weight excluding hydrogens is 332 g/mol. The van der Waals surface area contributed by atoms with Gasteiger partial charge in [-0.05, 0) is 47.9 Å². The Kier molecular flexibility index (Phi) is 5.65. The molecule has 0 aliphatic heterocycles. The van der Waals surface area contributed by atoms with E-state index in [4.69, 9.17) is 9.47 Å². The third kappa shape index (κ3) is 4.48. The van der Waals surface area contributed by atoms with Gasteiger partial charge in [0.2, 0.25) is 0 Å². The largest absolute Gasteiger partial charge is 0.497 e. The first-order valence-corrected chi connectivity index (χ1v) is 7.55. The summed E-state index contributed by atoms with van der Waals surface area (Å²) in [4.78, 5) is 0. The molecule has 0 aromatic heterocycles. The lowest BCUT2D eigenvalue weighted by Gasteiger charge is -2.14. The van der Waals surface area contributed by atoms with Gasteiger partial charge in [-0.15, -0.1) is 0 Å². The molecule has 0 aliphatic carbocycles. The Bertz CT molecular complexity index is 581. The van der Waals surface area contributed by atoms with Gasteiger partial charge >= 0.3 is 0 Å². The zero-order valence-electron chi connectivity index (χ0n) is 12.2. The second-order valence-electron chi connectivity index (χ2n) is 4.87. The predicted molar refractivity (Wildman–Crippen MR) is 87.1 cm³/mol. The van der Waals surface area contributed by atoms with Crippen molar-refractivity contribution in [1.29, 1.82) is 0 Å². The summed E-state index contributed by atoms with van der Waals surface area (Å²) in [7, 11) is 3.28. The van der Waals surface area contributed by atoms with Gasteiger partial charge in [-0.1, -0.05) is 28.1 Å². The highest BCUT2D eigenvalue weighted by Crippen LogP contribution is 2.25. The van der Waals surface area contributed by atoms with E-state index < -0.39 is 6.10 Å². The first-order valence-electron chi connectivity index (χ1n) is 6.75. The molecule has 0 bridgehead atoms. The molecule has 3 nitrogen and oxygen atoms in total. The molecule has 1 unspecified atom stereocenters. The minimum absolute atomic E-state index is 0.457. The minimum atomic E-state index is -0.457. The van der Waals surface area contributed by atoms with Gasteiger partial charge in [0, 0.05) is 10.9 Å². The Labute approximate surface area is 133 Å². The number of hydrogen-bond acceptors (Lipinski definition) is 3. The molecule has 0 radical (unpaired) electrons. The number of ether oxygens (including phenoxy) is 2. The van der Waals surface area contributed by atoms with Crippen molar-refractivity contribution in [2.24, 2.45) is 0 Å². The summed E-state index contributed by atoms with van der Waals surface area (Å²) in [5.74, 6) is 1.62. The molecule has 0 saturated heterocycles. The molecule has 0 amide bonds. The smallest absolute Gasteiger partial charge is 0.122 e. The molecule has 2 rings (SSSR count). The maximum absolute atomic E-state index is 10.3. The van der Waals surface area contributed by atoms with Gasteiger partial charge in [-0.3, -0.25) is 0 Å². The monoisotopic (exact) mass is 350 g/mol. The van der Waals surface area contributed by atoms with Gasteiger partial charge in [-0.2, -0.15) is 0 Å². The van der Waals surface area contributed by atoms with Crippen LogP contribution in [-0.2, 0) is 12.8 Å². The van der Waals surface area contributed by atoms with Gasteiger partial charge in [0.25, 0.3) is 0 Å². The fourth-order valence-electron chi connectivity index (χ4n) is 2.27. The third-order valence-electron chi connectivity index (χ3n) is 3.33. The van der Waals surface area contributed by atoms with Crippen molar-refractivity contribution in [2.75, 3.05) is 14.2 Å². The van der Waals surface area contributed by atoms with Crippen molar-refractivity contribution >= 4 is 15.9 Å². The van der Waals surface area contributed by atoms with Crippen molar-refractivity contribution in [3.8, 4) is 11.5 Å². The Morgan fingerprint density at radius 2 is 1.71 bits per heavy atom. The highest BCUT2D eigenvalue weighted by atomic mass is 79.9.